The van der Waals surface area contributed by atoms with Gasteiger partial charge in [0.2, 0.25) is 0 Å². The molecule has 0 aromatic carbocycles. The van der Waals surface area contributed by atoms with Crippen LogP contribution in [0.5, 0.6) is 0 Å². The number of nitriles is 1. The number of nitrogens with zero attached hydrogens (tertiary/aromatic N) is 1. The average molecular weight is 219 g/mol. The molecular formula is C14H21NO. The van der Waals surface area contributed by atoms with E-state index < -0.39 is 0 Å². The Morgan fingerprint density at radius 3 is 2.19 bits per heavy atom. The van der Waals surface area contributed by atoms with E-state index in [-0.39, 0.29) is 11.2 Å². The van der Waals surface area contributed by atoms with Crippen LogP contribution in [-0.2, 0) is 4.79 Å². The van der Waals surface area contributed by atoms with Crippen molar-refractivity contribution in [3.8, 4) is 6.07 Å². The van der Waals surface area contributed by atoms with Crippen molar-refractivity contribution in [1.82, 2.24) is 0 Å². The van der Waals surface area contributed by atoms with Crippen LogP contribution in [0, 0.1) is 34.5 Å². The molecule has 0 aromatic heterocycles. The standard InChI is InChI=1S/C14H21NO/c1-10(2)11-3-5-12(6-4-11)14(9-15)7-13(16)8-14/h10-12H,3-8H2,1-2H3. The van der Waals surface area contributed by atoms with E-state index in [1.807, 2.05) is 0 Å². The third-order valence-corrected chi connectivity index (χ3v) is 4.74. The summed E-state index contributed by atoms with van der Waals surface area (Å²) in [5.41, 5.74) is -0.265. The van der Waals surface area contributed by atoms with E-state index in [0.29, 0.717) is 18.8 Å². The summed E-state index contributed by atoms with van der Waals surface area (Å²) in [6, 6.07) is 2.44. The van der Waals surface area contributed by atoms with Gasteiger partial charge in [-0.15, -0.1) is 0 Å². The second kappa shape index (κ2) is 4.20. The lowest BCUT2D eigenvalue weighted by atomic mass is 9.56. The van der Waals surface area contributed by atoms with Crippen LogP contribution in [0.1, 0.15) is 52.4 Å². The van der Waals surface area contributed by atoms with E-state index in [4.69, 9.17) is 0 Å². The number of hydrogen-bond donors (Lipinski definition) is 0. The Kier molecular flexibility index (Phi) is 3.06. The van der Waals surface area contributed by atoms with Gasteiger partial charge in [0.05, 0.1) is 11.5 Å². The van der Waals surface area contributed by atoms with Gasteiger partial charge in [-0.2, -0.15) is 5.26 Å². The van der Waals surface area contributed by atoms with E-state index >= 15 is 0 Å². The maximum atomic E-state index is 11.1. The van der Waals surface area contributed by atoms with Crippen LogP contribution >= 0.6 is 0 Å². The first-order chi connectivity index (χ1) is 7.57. The van der Waals surface area contributed by atoms with Gasteiger partial charge in [0.1, 0.15) is 5.78 Å². The van der Waals surface area contributed by atoms with E-state index in [0.717, 1.165) is 24.7 Å². The molecule has 2 saturated carbocycles. The van der Waals surface area contributed by atoms with Crippen molar-refractivity contribution in [3.63, 3.8) is 0 Å². The quantitative estimate of drug-likeness (QED) is 0.714. The van der Waals surface area contributed by atoms with Gasteiger partial charge in [0, 0.05) is 12.8 Å². The summed E-state index contributed by atoms with van der Waals surface area (Å²) < 4.78 is 0. The molecule has 0 bridgehead atoms. The highest BCUT2D eigenvalue weighted by Gasteiger charge is 2.50. The molecule has 2 nitrogen and oxygen atoms in total. The monoisotopic (exact) mass is 219 g/mol. The highest BCUT2D eigenvalue weighted by molar-refractivity contribution is 5.87. The van der Waals surface area contributed by atoms with Gasteiger partial charge in [-0.05, 0) is 43.4 Å². The summed E-state index contributed by atoms with van der Waals surface area (Å²) in [6.45, 7) is 4.58. The van der Waals surface area contributed by atoms with Crippen molar-refractivity contribution < 1.29 is 4.79 Å². The molecule has 2 rings (SSSR count). The minimum absolute atomic E-state index is 0.265. The van der Waals surface area contributed by atoms with Gasteiger partial charge < -0.3 is 0 Å². The second-order valence-corrected chi connectivity index (χ2v) is 6.02. The summed E-state index contributed by atoms with van der Waals surface area (Å²) in [5, 5.41) is 9.28. The molecule has 0 aromatic rings. The predicted octanol–water partition coefficient (Wildman–Crippen LogP) is 3.32. The lowest BCUT2D eigenvalue weighted by Gasteiger charge is -2.44. The number of rotatable bonds is 2. The molecule has 0 spiro atoms. The molecule has 0 aliphatic heterocycles. The van der Waals surface area contributed by atoms with Crippen molar-refractivity contribution in [1.29, 1.82) is 5.26 Å². The average Bonchev–Trinajstić information content (AvgIpc) is 2.24. The molecule has 2 fully saturated rings. The van der Waals surface area contributed by atoms with Crippen molar-refractivity contribution in [2.24, 2.45) is 23.2 Å². The zero-order valence-electron chi connectivity index (χ0n) is 10.3. The zero-order valence-corrected chi connectivity index (χ0v) is 10.3. The minimum Gasteiger partial charge on any atom is -0.300 e. The van der Waals surface area contributed by atoms with Crippen LogP contribution in [0.3, 0.4) is 0 Å². The summed E-state index contributed by atoms with van der Waals surface area (Å²) in [4.78, 5) is 11.1. The second-order valence-electron chi connectivity index (χ2n) is 6.02. The fourth-order valence-corrected chi connectivity index (χ4v) is 3.45. The first-order valence-corrected chi connectivity index (χ1v) is 6.50. The van der Waals surface area contributed by atoms with Gasteiger partial charge in [-0.3, -0.25) is 4.79 Å². The van der Waals surface area contributed by atoms with Crippen molar-refractivity contribution in [2.45, 2.75) is 52.4 Å². The van der Waals surface area contributed by atoms with Gasteiger partial charge in [0.25, 0.3) is 0 Å². The van der Waals surface area contributed by atoms with Gasteiger partial charge in [0.15, 0.2) is 0 Å². The highest BCUT2D eigenvalue weighted by Crippen LogP contribution is 2.51. The lowest BCUT2D eigenvalue weighted by Crippen LogP contribution is -2.44. The molecule has 0 saturated heterocycles. The summed E-state index contributed by atoms with van der Waals surface area (Å²) in [7, 11) is 0. The normalized spacial score (nSPS) is 33.2. The number of carbonyl (C=O) groups excluding carboxylic acids is 1. The number of hydrogen-bond acceptors (Lipinski definition) is 2. The number of carbonyl (C=O) groups is 1. The van der Waals surface area contributed by atoms with Crippen LogP contribution in [0.2, 0.25) is 0 Å². The van der Waals surface area contributed by atoms with Crippen molar-refractivity contribution >= 4 is 5.78 Å². The van der Waals surface area contributed by atoms with Gasteiger partial charge in [-0.1, -0.05) is 13.8 Å². The molecule has 2 aliphatic rings. The molecular weight excluding hydrogens is 198 g/mol. The van der Waals surface area contributed by atoms with E-state index in [1.54, 1.807) is 0 Å². The fourth-order valence-electron chi connectivity index (χ4n) is 3.45. The van der Waals surface area contributed by atoms with Crippen LogP contribution in [0.4, 0.5) is 0 Å². The van der Waals surface area contributed by atoms with Crippen LogP contribution < -0.4 is 0 Å². The van der Waals surface area contributed by atoms with E-state index in [9.17, 15) is 10.1 Å². The Morgan fingerprint density at radius 1 is 1.25 bits per heavy atom. The molecule has 2 aliphatic carbocycles. The molecule has 0 unspecified atom stereocenters. The molecule has 0 radical (unpaired) electrons. The molecule has 16 heavy (non-hydrogen) atoms. The molecule has 88 valence electrons. The highest BCUT2D eigenvalue weighted by atomic mass is 16.1. The van der Waals surface area contributed by atoms with Gasteiger partial charge in [-0.25, -0.2) is 0 Å². The third kappa shape index (κ3) is 1.88. The summed E-state index contributed by atoms with van der Waals surface area (Å²) >= 11 is 0. The van der Waals surface area contributed by atoms with E-state index in [2.05, 4.69) is 19.9 Å². The molecule has 0 N–H and O–H groups in total. The predicted molar refractivity (Wildman–Crippen MR) is 62.6 cm³/mol. The Labute approximate surface area is 98.0 Å². The van der Waals surface area contributed by atoms with E-state index in [1.165, 1.54) is 12.8 Å². The minimum atomic E-state index is -0.265. The Morgan fingerprint density at radius 2 is 1.81 bits per heavy atom. The maximum Gasteiger partial charge on any atom is 0.136 e. The SMILES string of the molecule is CC(C)C1CCC(C2(C#N)CC(=O)C2)CC1. The molecule has 2 heteroatoms. The lowest BCUT2D eigenvalue weighted by molar-refractivity contribution is -0.133. The zero-order chi connectivity index (χ0) is 11.8. The smallest absolute Gasteiger partial charge is 0.136 e. The molecule has 0 atom stereocenters. The van der Waals surface area contributed by atoms with Gasteiger partial charge >= 0.3 is 0 Å². The molecule has 0 heterocycles. The van der Waals surface area contributed by atoms with Crippen LogP contribution in [0.15, 0.2) is 0 Å². The van der Waals surface area contributed by atoms with Crippen molar-refractivity contribution in [3.05, 3.63) is 0 Å². The first kappa shape index (κ1) is 11.6. The largest absolute Gasteiger partial charge is 0.300 e. The number of ketones is 1. The van der Waals surface area contributed by atoms with Crippen LogP contribution in [0.25, 0.3) is 0 Å². The Balaban J connectivity index is 1.94. The summed E-state index contributed by atoms with van der Waals surface area (Å²) in [5.74, 6) is 2.38. The first-order valence-electron chi connectivity index (χ1n) is 6.50. The Hall–Kier alpha value is -0.840. The van der Waals surface area contributed by atoms with Crippen LogP contribution in [-0.4, -0.2) is 5.78 Å². The fraction of sp³-hybridized carbons (Fsp3) is 0.857. The molecule has 0 amide bonds. The summed E-state index contributed by atoms with van der Waals surface area (Å²) in [6.07, 6.45) is 5.87. The number of Topliss-reactive ketones (excluding diaryl/α,β-unsaturated/α-hetero) is 1. The van der Waals surface area contributed by atoms with Crippen molar-refractivity contribution in [2.75, 3.05) is 0 Å². The maximum absolute atomic E-state index is 11.1. The third-order valence-electron chi connectivity index (χ3n) is 4.74. The Bertz CT molecular complexity index is 310. The topological polar surface area (TPSA) is 40.9 Å².